The number of carbonyl (C=O) groups excluding carboxylic acids is 1. The van der Waals surface area contributed by atoms with Gasteiger partial charge in [0, 0.05) is 35.5 Å². The van der Waals surface area contributed by atoms with Gasteiger partial charge in [-0.25, -0.2) is 18.6 Å². The molecule has 0 saturated heterocycles. The summed E-state index contributed by atoms with van der Waals surface area (Å²) in [6.45, 7) is 7.75. The average Bonchev–Trinajstić information content (AvgIpc) is 2.65. The van der Waals surface area contributed by atoms with E-state index in [1.807, 2.05) is 26.6 Å². The van der Waals surface area contributed by atoms with E-state index >= 15 is 0 Å². The zero-order valence-corrected chi connectivity index (χ0v) is 18.8. The third-order valence-electron chi connectivity index (χ3n) is 5.03. The standard InChI is InChI=1S/C21H25F2N3O4Si/c1-5-30-17-7-6-13-16(25-17)8-9-26(21(28)29)18(13)20(27)24-12-10-14(22)19(15(23)11-12)31(2,3)4/h6-7,10-11,18H,5,8-9H2,1-4H3,(H,24,27)(H,28,29)/t18-/m1/s1. The van der Waals surface area contributed by atoms with Gasteiger partial charge in [0.25, 0.3) is 5.91 Å². The summed E-state index contributed by atoms with van der Waals surface area (Å²) in [7, 11) is -2.27. The molecule has 31 heavy (non-hydrogen) atoms. The molecule has 0 radical (unpaired) electrons. The number of pyridine rings is 1. The van der Waals surface area contributed by atoms with Gasteiger partial charge < -0.3 is 15.2 Å². The predicted octanol–water partition coefficient (Wildman–Crippen LogP) is 3.52. The monoisotopic (exact) mass is 449 g/mol. The van der Waals surface area contributed by atoms with Crippen molar-refractivity contribution in [3.8, 4) is 5.88 Å². The highest BCUT2D eigenvalue weighted by Gasteiger charge is 2.37. The average molecular weight is 450 g/mol. The van der Waals surface area contributed by atoms with E-state index < -0.39 is 37.8 Å². The van der Waals surface area contributed by atoms with Crippen LogP contribution in [0.1, 0.15) is 24.2 Å². The number of ether oxygens (including phenoxy) is 1. The number of carbonyl (C=O) groups is 2. The first-order valence-electron chi connectivity index (χ1n) is 9.95. The number of hydrogen-bond acceptors (Lipinski definition) is 4. The van der Waals surface area contributed by atoms with Crippen LogP contribution in [0.2, 0.25) is 19.6 Å². The van der Waals surface area contributed by atoms with Crippen LogP contribution in [0.25, 0.3) is 0 Å². The first kappa shape index (κ1) is 22.7. The number of nitrogens with one attached hydrogen (secondary N) is 1. The summed E-state index contributed by atoms with van der Waals surface area (Å²) in [5, 5.41) is 12.1. The van der Waals surface area contributed by atoms with Crippen LogP contribution in [0.4, 0.5) is 19.3 Å². The van der Waals surface area contributed by atoms with Crippen LogP contribution in [0.5, 0.6) is 5.88 Å². The first-order valence-corrected chi connectivity index (χ1v) is 13.5. The van der Waals surface area contributed by atoms with Crippen molar-refractivity contribution in [1.82, 2.24) is 9.88 Å². The molecule has 0 spiro atoms. The lowest BCUT2D eigenvalue weighted by Crippen LogP contribution is -2.45. The van der Waals surface area contributed by atoms with Crippen molar-refractivity contribution in [2.24, 2.45) is 0 Å². The lowest BCUT2D eigenvalue weighted by Gasteiger charge is -2.34. The summed E-state index contributed by atoms with van der Waals surface area (Å²) in [5.41, 5.74) is 0.891. The number of amides is 2. The summed E-state index contributed by atoms with van der Waals surface area (Å²) in [4.78, 5) is 30.2. The summed E-state index contributed by atoms with van der Waals surface area (Å²) in [6.07, 6.45) is -0.952. The molecule has 166 valence electrons. The highest BCUT2D eigenvalue weighted by Crippen LogP contribution is 2.31. The van der Waals surface area contributed by atoms with Crippen LogP contribution in [0.3, 0.4) is 0 Å². The number of nitrogens with zero attached hydrogens (tertiary/aromatic N) is 2. The van der Waals surface area contributed by atoms with Crippen molar-refractivity contribution in [1.29, 1.82) is 0 Å². The van der Waals surface area contributed by atoms with Crippen molar-refractivity contribution in [2.45, 2.75) is 39.0 Å². The Morgan fingerprint density at radius 2 is 1.90 bits per heavy atom. The predicted molar refractivity (Wildman–Crippen MR) is 115 cm³/mol. The van der Waals surface area contributed by atoms with E-state index in [1.165, 1.54) is 0 Å². The Morgan fingerprint density at radius 1 is 1.26 bits per heavy atom. The lowest BCUT2D eigenvalue weighted by molar-refractivity contribution is -0.121. The van der Waals surface area contributed by atoms with E-state index in [0.717, 1.165) is 17.0 Å². The number of benzene rings is 1. The fourth-order valence-corrected chi connectivity index (χ4v) is 5.33. The number of fused-ring (bicyclic) bond motifs is 1. The molecule has 10 heteroatoms. The highest BCUT2D eigenvalue weighted by molar-refractivity contribution is 6.88. The number of rotatable bonds is 5. The van der Waals surface area contributed by atoms with Gasteiger partial charge in [-0.3, -0.25) is 9.69 Å². The van der Waals surface area contributed by atoms with Gasteiger partial charge in [-0.2, -0.15) is 0 Å². The van der Waals surface area contributed by atoms with E-state index in [1.54, 1.807) is 12.1 Å². The topological polar surface area (TPSA) is 91.8 Å². The number of halogens is 2. The first-order chi connectivity index (χ1) is 14.5. The second-order valence-corrected chi connectivity index (χ2v) is 13.3. The van der Waals surface area contributed by atoms with Gasteiger partial charge in [-0.05, 0) is 25.1 Å². The molecule has 7 nitrogen and oxygen atoms in total. The van der Waals surface area contributed by atoms with E-state index in [2.05, 4.69) is 10.3 Å². The van der Waals surface area contributed by atoms with Gasteiger partial charge >= 0.3 is 6.09 Å². The Hall–Kier alpha value is -3.01. The van der Waals surface area contributed by atoms with Crippen LogP contribution in [0, 0.1) is 11.6 Å². The SMILES string of the molecule is CCOc1ccc2c(n1)CCN(C(=O)O)[C@H]2C(=O)Nc1cc(F)c([Si](C)(C)C)c(F)c1. The third kappa shape index (κ3) is 4.68. The molecule has 0 aliphatic carbocycles. The molecule has 0 saturated carbocycles. The maximum absolute atomic E-state index is 14.6. The van der Waals surface area contributed by atoms with Crippen molar-refractivity contribution < 1.29 is 28.2 Å². The maximum Gasteiger partial charge on any atom is 0.408 e. The van der Waals surface area contributed by atoms with Crippen LogP contribution in [0.15, 0.2) is 24.3 Å². The van der Waals surface area contributed by atoms with E-state index in [-0.39, 0.29) is 17.4 Å². The number of anilines is 1. The van der Waals surface area contributed by atoms with Gasteiger partial charge in [0.05, 0.1) is 20.4 Å². The highest BCUT2D eigenvalue weighted by atomic mass is 28.3. The van der Waals surface area contributed by atoms with Crippen LogP contribution >= 0.6 is 0 Å². The Balaban J connectivity index is 1.95. The number of carboxylic acid groups (broad SMARTS) is 1. The minimum atomic E-state index is -2.27. The van der Waals surface area contributed by atoms with Crippen LogP contribution in [-0.2, 0) is 11.2 Å². The molecule has 3 rings (SSSR count). The Kier molecular flexibility index (Phi) is 6.30. The molecule has 0 bridgehead atoms. The molecule has 2 amide bonds. The smallest absolute Gasteiger partial charge is 0.408 e. The molecule has 1 aliphatic rings. The zero-order valence-electron chi connectivity index (χ0n) is 17.8. The van der Waals surface area contributed by atoms with E-state index in [0.29, 0.717) is 30.2 Å². The lowest BCUT2D eigenvalue weighted by atomic mass is 9.96. The second-order valence-electron chi connectivity index (χ2n) is 8.30. The minimum absolute atomic E-state index is 0.0494. The third-order valence-corrected chi connectivity index (χ3v) is 7.00. The normalized spacial score (nSPS) is 15.9. The fraction of sp³-hybridized carbons (Fsp3) is 0.381. The van der Waals surface area contributed by atoms with Gasteiger partial charge in [-0.1, -0.05) is 19.6 Å². The summed E-state index contributed by atoms with van der Waals surface area (Å²) >= 11 is 0. The molecule has 2 aromatic rings. The van der Waals surface area contributed by atoms with Gasteiger partial charge in [0.1, 0.15) is 17.7 Å². The van der Waals surface area contributed by atoms with Crippen molar-refractivity contribution in [3.05, 3.63) is 47.2 Å². The largest absolute Gasteiger partial charge is 0.478 e. The van der Waals surface area contributed by atoms with Crippen LogP contribution in [-0.4, -0.2) is 48.2 Å². The molecule has 0 fully saturated rings. The van der Waals surface area contributed by atoms with Gasteiger partial charge in [-0.15, -0.1) is 0 Å². The minimum Gasteiger partial charge on any atom is -0.478 e. The number of aromatic nitrogens is 1. The van der Waals surface area contributed by atoms with Crippen LogP contribution < -0.4 is 15.2 Å². The summed E-state index contributed by atoms with van der Waals surface area (Å²) in [6, 6.07) is 4.10. The Bertz CT molecular complexity index is 1000. The quantitative estimate of drug-likeness (QED) is 0.682. The molecule has 1 aromatic carbocycles. The summed E-state index contributed by atoms with van der Waals surface area (Å²) < 4.78 is 34.5. The molecular weight excluding hydrogens is 424 g/mol. The van der Waals surface area contributed by atoms with E-state index in [9.17, 15) is 23.5 Å². The molecule has 2 heterocycles. The zero-order chi connectivity index (χ0) is 22.9. The van der Waals surface area contributed by atoms with Gasteiger partial charge in [0.15, 0.2) is 0 Å². The summed E-state index contributed by atoms with van der Waals surface area (Å²) in [5.74, 6) is -1.78. The van der Waals surface area contributed by atoms with Crippen molar-refractivity contribution >= 4 is 30.9 Å². The molecule has 1 atom stereocenters. The molecule has 1 aliphatic heterocycles. The van der Waals surface area contributed by atoms with E-state index in [4.69, 9.17) is 4.74 Å². The Labute approximate surface area is 180 Å². The second kappa shape index (κ2) is 8.62. The number of hydrogen-bond donors (Lipinski definition) is 2. The van der Waals surface area contributed by atoms with Gasteiger partial charge in [0.2, 0.25) is 5.88 Å². The Morgan fingerprint density at radius 3 is 2.45 bits per heavy atom. The molecular formula is C21H25F2N3O4Si. The molecule has 0 unspecified atom stereocenters. The molecule has 1 aromatic heterocycles. The fourth-order valence-electron chi connectivity index (χ4n) is 3.75. The van der Waals surface area contributed by atoms with Crippen molar-refractivity contribution in [2.75, 3.05) is 18.5 Å². The van der Waals surface area contributed by atoms with Crippen molar-refractivity contribution in [3.63, 3.8) is 0 Å². The molecule has 2 N–H and O–H groups in total. The maximum atomic E-state index is 14.6.